The van der Waals surface area contributed by atoms with Gasteiger partial charge in [-0.1, -0.05) is 6.07 Å². The van der Waals surface area contributed by atoms with Crippen molar-refractivity contribution in [2.75, 3.05) is 31.1 Å². The molecule has 1 atom stereocenters. The molecule has 25 heavy (non-hydrogen) atoms. The maximum atomic E-state index is 12.4. The molecule has 1 fully saturated rings. The van der Waals surface area contributed by atoms with Crippen LogP contribution in [0.4, 0.5) is 5.82 Å². The molecule has 0 spiro atoms. The molecule has 1 amide bonds. The number of hydrogen-bond acceptors (Lipinski definition) is 6. The maximum absolute atomic E-state index is 12.4. The van der Waals surface area contributed by atoms with E-state index in [1.807, 2.05) is 22.4 Å². The Morgan fingerprint density at radius 1 is 1.36 bits per heavy atom. The highest BCUT2D eigenvalue weighted by molar-refractivity contribution is 7.10. The minimum Gasteiger partial charge on any atom is -0.470 e. The summed E-state index contributed by atoms with van der Waals surface area (Å²) in [4.78, 5) is 26.3. The lowest BCUT2D eigenvalue weighted by Crippen LogP contribution is -2.32. The smallest absolute Gasteiger partial charge is 0.257 e. The highest BCUT2D eigenvalue weighted by atomic mass is 32.1. The molecule has 0 saturated carbocycles. The van der Waals surface area contributed by atoms with E-state index in [1.165, 1.54) is 0 Å². The van der Waals surface area contributed by atoms with Crippen LogP contribution < -0.4 is 9.64 Å². The van der Waals surface area contributed by atoms with Crippen LogP contribution in [0.25, 0.3) is 0 Å². The number of amides is 1. The summed E-state index contributed by atoms with van der Waals surface area (Å²) in [6.07, 6.45) is 4.60. The van der Waals surface area contributed by atoms with E-state index in [4.69, 9.17) is 4.74 Å². The predicted octanol–water partition coefficient (Wildman–Crippen LogP) is 2.61. The van der Waals surface area contributed by atoms with Crippen LogP contribution in [-0.2, 0) is 11.2 Å². The summed E-state index contributed by atoms with van der Waals surface area (Å²) in [5, 5.41) is 2.00. The zero-order valence-electron chi connectivity index (χ0n) is 14.7. The second kappa shape index (κ2) is 8.29. The van der Waals surface area contributed by atoms with E-state index in [2.05, 4.69) is 28.7 Å². The number of nitrogens with zero attached hydrogens (tertiary/aromatic N) is 4. The highest BCUT2D eigenvalue weighted by Crippen LogP contribution is 2.26. The number of anilines is 1. The van der Waals surface area contributed by atoms with Crippen molar-refractivity contribution >= 4 is 23.1 Å². The van der Waals surface area contributed by atoms with E-state index in [0.29, 0.717) is 18.8 Å². The number of carbonyl (C=O) groups excluding carboxylic acids is 1. The van der Waals surface area contributed by atoms with E-state index in [-0.39, 0.29) is 12.0 Å². The molecule has 3 rings (SSSR count). The van der Waals surface area contributed by atoms with Gasteiger partial charge in [0, 0.05) is 43.3 Å². The maximum Gasteiger partial charge on any atom is 0.257 e. The van der Waals surface area contributed by atoms with Gasteiger partial charge in [0.05, 0.1) is 13.0 Å². The summed E-state index contributed by atoms with van der Waals surface area (Å²) in [5.41, 5.74) is 0. The van der Waals surface area contributed by atoms with Gasteiger partial charge in [0.2, 0.25) is 5.91 Å². The molecule has 1 saturated heterocycles. The first-order valence-electron chi connectivity index (χ1n) is 8.74. The summed E-state index contributed by atoms with van der Waals surface area (Å²) in [6.45, 7) is 7.21. The summed E-state index contributed by atoms with van der Waals surface area (Å²) in [6, 6.07) is 3.98. The van der Waals surface area contributed by atoms with Crippen LogP contribution in [0.15, 0.2) is 29.9 Å². The Hall–Kier alpha value is -2.15. The normalized spacial score (nSPS) is 16.9. The second-order valence-electron chi connectivity index (χ2n) is 5.98. The van der Waals surface area contributed by atoms with Crippen molar-refractivity contribution < 1.29 is 9.53 Å². The zero-order valence-corrected chi connectivity index (χ0v) is 15.5. The molecule has 0 radical (unpaired) electrons. The van der Waals surface area contributed by atoms with Gasteiger partial charge in [0.15, 0.2) is 5.82 Å². The molecule has 6 nitrogen and oxygen atoms in total. The molecule has 7 heteroatoms. The van der Waals surface area contributed by atoms with Crippen molar-refractivity contribution in [3.8, 4) is 5.88 Å². The van der Waals surface area contributed by atoms with Gasteiger partial charge in [0.25, 0.3) is 5.88 Å². The lowest BCUT2D eigenvalue weighted by Gasteiger charge is -2.23. The van der Waals surface area contributed by atoms with E-state index < -0.39 is 0 Å². The van der Waals surface area contributed by atoms with Crippen LogP contribution >= 0.6 is 11.3 Å². The van der Waals surface area contributed by atoms with Crippen LogP contribution in [-0.4, -0.2) is 53.1 Å². The highest BCUT2D eigenvalue weighted by Gasteiger charge is 2.29. The number of thiophene rings is 1. The zero-order chi connectivity index (χ0) is 17.6. The van der Waals surface area contributed by atoms with Gasteiger partial charge in [-0.2, -0.15) is 0 Å². The van der Waals surface area contributed by atoms with E-state index in [0.717, 1.165) is 36.8 Å². The number of likely N-dealkylation sites (tertiary alicyclic amines) is 1. The molecule has 0 N–H and O–H groups in total. The van der Waals surface area contributed by atoms with Crippen molar-refractivity contribution in [3.05, 3.63) is 34.8 Å². The predicted molar refractivity (Wildman–Crippen MR) is 99.2 cm³/mol. The third-order valence-corrected chi connectivity index (χ3v) is 5.27. The number of carbonyl (C=O) groups is 1. The van der Waals surface area contributed by atoms with Crippen LogP contribution in [0.1, 0.15) is 25.1 Å². The summed E-state index contributed by atoms with van der Waals surface area (Å²) in [5.74, 6) is 1.50. The summed E-state index contributed by atoms with van der Waals surface area (Å²) in [7, 11) is 0. The monoisotopic (exact) mass is 360 g/mol. The fourth-order valence-electron chi connectivity index (χ4n) is 3.02. The average molecular weight is 360 g/mol. The topological polar surface area (TPSA) is 58.6 Å². The average Bonchev–Trinajstić information content (AvgIpc) is 3.29. The summed E-state index contributed by atoms with van der Waals surface area (Å²) < 4.78 is 6.10. The molecule has 2 aromatic heterocycles. The van der Waals surface area contributed by atoms with Crippen molar-refractivity contribution in [1.82, 2.24) is 14.9 Å². The summed E-state index contributed by atoms with van der Waals surface area (Å²) >= 11 is 1.62. The Kier molecular flexibility index (Phi) is 5.86. The van der Waals surface area contributed by atoms with Crippen molar-refractivity contribution in [2.24, 2.45) is 0 Å². The molecule has 1 aliphatic rings. The molecule has 1 unspecified atom stereocenters. The fraction of sp³-hybridized carbons (Fsp3) is 0.500. The molecule has 0 bridgehead atoms. The lowest BCUT2D eigenvalue weighted by molar-refractivity contribution is -0.129. The minimum absolute atomic E-state index is 0.0294. The van der Waals surface area contributed by atoms with Gasteiger partial charge in [0.1, 0.15) is 6.10 Å². The molecule has 0 aliphatic carbocycles. The standard InChI is InChI=1S/C18H24N4O2S/c1-3-21(4-2)17-18(20-9-8-19-17)24-14-7-10-22(13-14)16(23)12-15-6-5-11-25-15/h5-6,8-9,11,14H,3-4,7,10,12-13H2,1-2H3. The first-order valence-corrected chi connectivity index (χ1v) is 9.62. The van der Waals surface area contributed by atoms with Gasteiger partial charge >= 0.3 is 0 Å². The van der Waals surface area contributed by atoms with E-state index >= 15 is 0 Å². The van der Waals surface area contributed by atoms with Gasteiger partial charge < -0.3 is 14.5 Å². The quantitative estimate of drug-likeness (QED) is 0.760. The number of hydrogen-bond donors (Lipinski definition) is 0. The van der Waals surface area contributed by atoms with Gasteiger partial charge in [-0.25, -0.2) is 9.97 Å². The van der Waals surface area contributed by atoms with Crippen molar-refractivity contribution in [2.45, 2.75) is 32.8 Å². The Balaban J connectivity index is 1.61. The molecule has 0 aromatic carbocycles. The largest absolute Gasteiger partial charge is 0.470 e. The van der Waals surface area contributed by atoms with E-state index in [1.54, 1.807) is 23.7 Å². The van der Waals surface area contributed by atoms with Gasteiger partial charge in [-0.3, -0.25) is 4.79 Å². The Morgan fingerprint density at radius 3 is 2.88 bits per heavy atom. The van der Waals surface area contributed by atoms with Crippen LogP contribution in [0.2, 0.25) is 0 Å². The fourth-order valence-corrected chi connectivity index (χ4v) is 3.72. The van der Waals surface area contributed by atoms with E-state index in [9.17, 15) is 4.79 Å². The Bertz CT molecular complexity index is 688. The minimum atomic E-state index is -0.0294. The first kappa shape index (κ1) is 17.7. The molecule has 2 aromatic rings. The number of ether oxygens (including phenoxy) is 1. The van der Waals surface area contributed by atoms with Crippen molar-refractivity contribution in [3.63, 3.8) is 0 Å². The third kappa shape index (κ3) is 4.28. The Labute approximate surface area is 152 Å². The van der Waals surface area contributed by atoms with Gasteiger partial charge in [-0.15, -0.1) is 11.3 Å². The molecule has 134 valence electrons. The number of rotatable bonds is 7. The second-order valence-corrected chi connectivity index (χ2v) is 7.01. The van der Waals surface area contributed by atoms with Gasteiger partial charge in [-0.05, 0) is 25.3 Å². The molecular weight excluding hydrogens is 336 g/mol. The van der Waals surface area contributed by atoms with Crippen LogP contribution in [0, 0.1) is 0 Å². The van der Waals surface area contributed by atoms with Crippen LogP contribution in [0.5, 0.6) is 5.88 Å². The number of aromatic nitrogens is 2. The lowest BCUT2D eigenvalue weighted by atomic mass is 10.3. The third-order valence-electron chi connectivity index (χ3n) is 4.39. The Morgan fingerprint density at radius 2 is 2.16 bits per heavy atom. The van der Waals surface area contributed by atoms with Crippen molar-refractivity contribution in [1.29, 1.82) is 0 Å². The van der Waals surface area contributed by atoms with Crippen LogP contribution in [0.3, 0.4) is 0 Å². The molecular formula is C18H24N4O2S. The molecule has 3 heterocycles. The first-order chi connectivity index (χ1) is 12.2. The molecule has 1 aliphatic heterocycles. The SMILES string of the molecule is CCN(CC)c1nccnc1OC1CCN(C(=O)Cc2cccs2)C1.